The van der Waals surface area contributed by atoms with E-state index in [4.69, 9.17) is 18.5 Å². The smallest absolute Gasteiger partial charge is 0.463 e. The first-order chi connectivity index (χ1) is 27.6. The van der Waals surface area contributed by atoms with Crippen molar-refractivity contribution >= 4 is 13.8 Å². The molecule has 0 aromatic rings. The molecule has 0 heterocycles. The molecule has 0 saturated heterocycles. The van der Waals surface area contributed by atoms with Gasteiger partial charge in [0.2, 0.25) is 0 Å². The summed E-state index contributed by atoms with van der Waals surface area (Å²) in [6.07, 6.45) is 46.5. The molecule has 7 nitrogen and oxygen atoms in total. The van der Waals surface area contributed by atoms with Gasteiger partial charge in [0.15, 0.2) is 0 Å². The summed E-state index contributed by atoms with van der Waals surface area (Å²) in [5.74, 6) is -0.245. The number of rotatable bonds is 46. The second-order valence-corrected chi connectivity index (χ2v) is 20.0. The molecule has 0 aliphatic carbocycles. The molecule has 0 aliphatic heterocycles. The molecule has 2 atom stereocenters. The van der Waals surface area contributed by atoms with Gasteiger partial charge in [-0.15, -0.1) is 0 Å². The highest BCUT2D eigenvalue weighted by atomic mass is 31.2. The van der Waals surface area contributed by atoms with Gasteiger partial charge < -0.3 is 14.4 Å². The second-order valence-electron chi connectivity index (χ2n) is 18.5. The summed E-state index contributed by atoms with van der Waals surface area (Å²) in [6, 6.07) is 0. The number of carbonyl (C=O) groups is 1. The van der Waals surface area contributed by atoms with Crippen LogP contribution in [0.4, 0.5) is 0 Å². The van der Waals surface area contributed by atoms with Crippen LogP contribution in [0.3, 0.4) is 0 Å². The van der Waals surface area contributed by atoms with Gasteiger partial charge in [-0.3, -0.25) is 13.8 Å². The lowest BCUT2D eigenvalue weighted by Crippen LogP contribution is -2.27. The fourth-order valence-electron chi connectivity index (χ4n) is 7.33. The molecule has 0 aromatic heterocycles. The van der Waals surface area contributed by atoms with E-state index in [2.05, 4.69) is 34.6 Å². The molecular formula is C49H99O7P. The monoisotopic (exact) mass is 831 g/mol. The SMILES string of the molecule is CCCCCCCCCCCCCCCCCCCCCCOC(COC(=O)CCCCCCCCCCCCCCCCC)COP(=O)(O)OCCC(C)(C)C. The van der Waals surface area contributed by atoms with Gasteiger partial charge in [-0.2, -0.15) is 0 Å². The molecule has 0 bridgehead atoms. The van der Waals surface area contributed by atoms with Gasteiger partial charge in [-0.25, -0.2) is 4.57 Å². The second kappa shape index (κ2) is 42.2. The van der Waals surface area contributed by atoms with E-state index in [-0.39, 0.29) is 31.2 Å². The van der Waals surface area contributed by atoms with E-state index in [0.29, 0.717) is 19.4 Å². The summed E-state index contributed by atoms with van der Waals surface area (Å²) in [5.41, 5.74) is -0.0154. The van der Waals surface area contributed by atoms with Crippen molar-refractivity contribution in [1.82, 2.24) is 0 Å². The standard InChI is InChI=1S/C49H99O7P/c1-6-8-10-12-14-16-18-20-22-23-24-25-26-28-30-32-34-36-38-40-43-53-47(46-56-57(51,52)55-44-42-49(3,4)5)45-54-48(50)41-39-37-35-33-31-29-27-21-19-17-15-13-11-9-7-2/h47H,6-46H2,1-5H3,(H,51,52). The average Bonchev–Trinajstić information content (AvgIpc) is 3.17. The summed E-state index contributed by atoms with van der Waals surface area (Å²) < 4.78 is 34.6. The Balaban J connectivity index is 4.10. The van der Waals surface area contributed by atoms with Crippen molar-refractivity contribution in [1.29, 1.82) is 0 Å². The number of phosphoric acid groups is 1. The quantitative estimate of drug-likeness (QED) is 0.0371. The van der Waals surface area contributed by atoms with Crippen LogP contribution in [-0.2, 0) is 27.9 Å². The Kier molecular flexibility index (Phi) is 41.9. The van der Waals surface area contributed by atoms with Crippen LogP contribution in [0, 0.1) is 5.41 Å². The first kappa shape index (κ1) is 56.5. The van der Waals surface area contributed by atoms with E-state index in [1.54, 1.807) is 0 Å². The van der Waals surface area contributed by atoms with Crippen molar-refractivity contribution in [3.63, 3.8) is 0 Å². The number of hydrogen-bond acceptors (Lipinski definition) is 6. The third kappa shape index (κ3) is 46.5. The summed E-state index contributed by atoms with van der Waals surface area (Å²) in [6.45, 7) is 11.2. The molecule has 0 fully saturated rings. The maximum Gasteiger partial charge on any atom is 0.472 e. The third-order valence-corrected chi connectivity index (χ3v) is 12.3. The minimum absolute atomic E-state index is 0.0127. The average molecular weight is 831 g/mol. The summed E-state index contributed by atoms with van der Waals surface area (Å²) in [4.78, 5) is 22.8. The zero-order valence-corrected chi connectivity index (χ0v) is 39.8. The molecule has 57 heavy (non-hydrogen) atoms. The largest absolute Gasteiger partial charge is 0.472 e. The van der Waals surface area contributed by atoms with Crippen LogP contribution in [0.2, 0.25) is 0 Å². The molecule has 0 radical (unpaired) electrons. The number of unbranched alkanes of at least 4 members (excludes halogenated alkanes) is 33. The Morgan fingerprint density at radius 2 is 0.807 bits per heavy atom. The first-order valence-electron chi connectivity index (χ1n) is 25.0. The molecule has 0 rings (SSSR count). The number of ether oxygens (including phenoxy) is 2. The summed E-state index contributed by atoms with van der Waals surface area (Å²) in [5, 5.41) is 0. The number of hydrogen-bond donors (Lipinski definition) is 1. The maximum absolute atomic E-state index is 12.5. The molecule has 1 N–H and O–H groups in total. The molecule has 0 aromatic carbocycles. The molecular weight excluding hydrogens is 732 g/mol. The van der Waals surface area contributed by atoms with E-state index in [1.165, 1.54) is 193 Å². The topological polar surface area (TPSA) is 91.3 Å². The Bertz CT molecular complexity index is 876. The minimum atomic E-state index is -4.23. The molecule has 0 amide bonds. The van der Waals surface area contributed by atoms with Crippen molar-refractivity contribution in [2.45, 2.75) is 278 Å². The highest BCUT2D eigenvalue weighted by Crippen LogP contribution is 2.44. The Labute approximate surface area is 355 Å². The van der Waals surface area contributed by atoms with Gasteiger partial charge in [0, 0.05) is 13.0 Å². The van der Waals surface area contributed by atoms with Gasteiger partial charge >= 0.3 is 13.8 Å². The van der Waals surface area contributed by atoms with E-state index < -0.39 is 13.9 Å². The van der Waals surface area contributed by atoms with Gasteiger partial charge in [0.1, 0.15) is 12.7 Å². The molecule has 8 heteroatoms. The Morgan fingerprint density at radius 1 is 0.474 bits per heavy atom. The number of carbonyl (C=O) groups excluding carboxylic acids is 1. The van der Waals surface area contributed by atoms with Crippen molar-refractivity contribution in [2.24, 2.45) is 5.41 Å². The van der Waals surface area contributed by atoms with Gasteiger partial charge in [0.05, 0.1) is 13.2 Å². The maximum atomic E-state index is 12.5. The van der Waals surface area contributed by atoms with E-state index >= 15 is 0 Å². The normalized spacial score (nSPS) is 13.6. The highest BCUT2D eigenvalue weighted by molar-refractivity contribution is 7.47. The lowest BCUT2D eigenvalue weighted by Gasteiger charge is -2.21. The van der Waals surface area contributed by atoms with Crippen LogP contribution in [-0.4, -0.2) is 43.4 Å². The van der Waals surface area contributed by atoms with Crippen LogP contribution in [0.1, 0.15) is 272 Å². The Morgan fingerprint density at radius 3 is 1.16 bits per heavy atom. The van der Waals surface area contributed by atoms with Crippen molar-refractivity contribution < 1.29 is 32.8 Å². The van der Waals surface area contributed by atoms with Crippen molar-refractivity contribution in [3.05, 3.63) is 0 Å². The molecule has 2 unspecified atom stereocenters. The zero-order valence-electron chi connectivity index (χ0n) is 38.9. The third-order valence-electron chi connectivity index (χ3n) is 11.3. The predicted octanol–water partition coefficient (Wildman–Crippen LogP) is 16.6. The first-order valence-corrected chi connectivity index (χ1v) is 26.5. The van der Waals surface area contributed by atoms with Crippen LogP contribution in [0.5, 0.6) is 0 Å². The number of phosphoric ester groups is 1. The highest BCUT2D eigenvalue weighted by Gasteiger charge is 2.25. The molecule has 342 valence electrons. The van der Waals surface area contributed by atoms with Crippen molar-refractivity contribution in [2.75, 3.05) is 26.4 Å². The minimum Gasteiger partial charge on any atom is -0.463 e. The van der Waals surface area contributed by atoms with Gasteiger partial charge in [0.25, 0.3) is 0 Å². The van der Waals surface area contributed by atoms with Gasteiger partial charge in [-0.1, -0.05) is 247 Å². The van der Waals surface area contributed by atoms with Crippen molar-refractivity contribution in [3.8, 4) is 0 Å². The van der Waals surface area contributed by atoms with Crippen LogP contribution in [0.15, 0.2) is 0 Å². The van der Waals surface area contributed by atoms with Crippen LogP contribution < -0.4 is 0 Å². The number of esters is 1. The van der Waals surface area contributed by atoms with Gasteiger partial charge in [-0.05, 0) is 24.7 Å². The molecule has 0 spiro atoms. The fourth-order valence-corrected chi connectivity index (χ4v) is 8.08. The summed E-state index contributed by atoms with van der Waals surface area (Å²) in [7, 11) is -4.23. The lowest BCUT2D eigenvalue weighted by molar-refractivity contribution is -0.149. The van der Waals surface area contributed by atoms with E-state index in [0.717, 1.165) is 32.1 Å². The molecule has 0 aliphatic rings. The summed E-state index contributed by atoms with van der Waals surface area (Å²) >= 11 is 0. The van der Waals surface area contributed by atoms with Crippen LogP contribution >= 0.6 is 7.82 Å². The molecule has 0 saturated carbocycles. The van der Waals surface area contributed by atoms with Crippen LogP contribution in [0.25, 0.3) is 0 Å². The lowest BCUT2D eigenvalue weighted by atomic mass is 9.93. The Hall–Kier alpha value is -0.460. The fraction of sp³-hybridized carbons (Fsp3) is 0.980. The van der Waals surface area contributed by atoms with E-state index in [1.807, 2.05) is 0 Å². The predicted molar refractivity (Wildman–Crippen MR) is 244 cm³/mol. The zero-order chi connectivity index (χ0) is 42.0. The van der Waals surface area contributed by atoms with E-state index in [9.17, 15) is 14.3 Å².